The van der Waals surface area contributed by atoms with Crippen molar-refractivity contribution in [3.8, 4) is 0 Å². The average molecular weight is 451 g/mol. The molecule has 6 nitrogen and oxygen atoms in total. The van der Waals surface area contributed by atoms with Gasteiger partial charge in [0.25, 0.3) is 0 Å². The Morgan fingerprint density at radius 3 is 1.90 bits per heavy atom. The third-order valence-electron chi connectivity index (χ3n) is 5.52. The van der Waals surface area contributed by atoms with Crippen molar-refractivity contribution in [2.45, 2.75) is 40.5 Å². The average Bonchev–Trinajstić information content (AvgIpc) is 3.09. The number of carbonyl (C=O) groups excluding carboxylic acids is 1. The molecule has 172 valence electrons. The van der Waals surface area contributed by atoms with Crippen LogP contribution in [0.2, 0.25) is 0 Å². The molecule has 0 aliphatic heterocycles. The third-order valence-corrected chi connectivity index (χ3v) is 7.86. The van der Waals surface area contributed by atoms with E-state index in [1.165, 1.54) is 0 Å². The number of methoxy groups -OCH3 is 2. The largest absolute Gasteiger partial charge is 0.384 e. The molecule has 0 aromatic heterocycles. The summed E-state index contributed by atoms with van der Waals surface area (Å²) in [6.07, 6.45) is 1.14. The normalized spacial score (nSPS) is 17.1. The summed E-state index contributed by atoms with van der Waals surface area (Å²) in [4.78, 5) is 12.6. The molecule has 0 fully saturated rings. The van der Waals surface area contributed by atoms with Gasteiger partial charge in [-0.3, -0.25) is 9.36 Å². The summed E-state index contributed by atoms with van der Waals surface area (Å²) in [6, 6.07) is 9.47. The summed E-state index contributed by atoms with van der Waals surface area (Å²) >= 11 is 0. The molecule has 2 rings (SSSR count). The summed E-state index contributed by atoms with van der Waals surface area (Å²) < 4.78 is 36.4. The quantitative estimate of drug-likeness (QED) is 0.384. The van der Waals surface area contributed by atoms with E-state index in [9.17, 15) is 9.36 Å². The van der Waals surface area contributed by atoms with E-state index in [1.54, 1.807) is 35.0 Å². The molecule has 0 saturated heterocycles. The second kappa shape index (κ2) is 11.3. The molecule has 31 heavy (non-hydrogen) atoms. The second-order valence-corrected chi connectivity index (χ2v) is 9.86. The van der Waals surface area contributed by atoms with Crippen LogP contribution in [0.4, 0.5) is 0 Å². The van der Waals surface area contributed by atoms with E-state index in [0.29, 0.717) is 31.4 Å². The molecule has 0 radical (unpaired) electrons. The smallest absolute Gasteiger partial charge is 0.362 e. The molecular weight excluding hydrogens is 415 g/mol. The van der Waals surface area contributed by atoms with Crippen molar-refractivity contribution in [3.05, 3.63) is 52.6 Å². The first-order chi connectivity index (χ1) is 14.8. The van der Waals surface area contributed by atoms with Gasteiger partial charge in [0.2, 0.25) is 0 Å². The van der Waals surface area contributed by atoms with E-state index >= 15 is 0 Å². The van der Waals surface area contributed by atoms with Gasteiger partial charge in [0.1, 0.15) is 0 Å². The van der Waals surface area contributed by atoms with Crippen LogP contribution in [0.1, 0.15) is 46.1 Å². The lowest BCUT2D eigenvalue weighted by Crippen LogP contribution is -2.29. The van der Waals surface area contributed by atoms with E-state index in [1.807, 2.05) is 37.3 Å². The fraction of sp³-hybridized carbons (Fsp3) is 0.542. The predicted octanol–water partition coefficient (Wildman–Crippen LogP) is 5.64. The van der Waals surface area contributed by atoms with Crippen molar-refractivity contribution >= 4 is 18.7 Å². The molecule has 0 N–H and O–H groups in total. The zero-order chi connectivity index (χ0) is 23.1. The number of carbonyl (C=O) groups is 1. The van der Waals surface area contributed by atoms with E-state index in [2.05, 4.69) is 0 Å². The Hall–Kier alpha value is -1.56. The minimum atomic E-state index is -3.62. The van der Waals surface area contributed by atoms with Gasteiger partial charge in [-0.15, -0.1) is 0 Å². The van der Waals surface area contributed by atoms with E-state index in [-0.39, 0.29) is 24.4 Å². The maximum Gasteiger partial charge on any atom is 0.362 e. The van der Waals surface area contributed by atoms with Crippen LogP contribution in [0.15, 0.2) is 47.1 Å². The van der Waals surface area contributed by atoms with Crippen molar-refractivity contribution < 1.29 is 27.9 Å². The van der Waals surface area contributed by atoms with E-state index in [4.69, 9.17) is 18.5 Å². The monoisotopic (exact) mass is 450 g/mol. The molecule has 1 aliphatic carbocycles. The highest BCUT2D eigenvalue weighted by molar-refractivity contribution is 7.65. The van der Waals surface area contributed by atoms with Gasteiger partial charge < -0.3 is 18.5 Å². The zero-order valence-corrected chi connectivity index (χ0v) is 20.4. The minimum Gasteiger partial charge on any atom is -0.384 e. The third kappa shape index (κ3) is 5.82. The van der Waals surface area contributed by atoms with Crippen LogP contribution in [0.5, 0.6) is 0 Å². The molecule has 0 heterocycles. The molecule has 7 heteroatoms. The lowest BCUT2D eigenvalue weighted by atomic mass is 9.84. The summed E-state index contributed by atoms with van der Waals surface area (Å²) in [7, 11) is -0.313. The Morgan fingerprint density at radius 2 is 1.45 bits per heavy atom. The molecule has 1 aliphatic rings. The van der Waals surface area contributed by atoms with Gasteiger partial charge in [-0.05, 0) is 62.8 Å². The summed E-state index contributed by atoms with van der Waals surface area (Å²) in [5.41, 5.74) is 2.77. The summed E-state index contributed by atoms with van der Waals surface area (Å²) in [6.45, 7) is 8.48. The topological polar surface area (TPSA) is 71.1 Å². The lowest BCUT2D eigenvalue weighted by molar-refractivity contribution is -0.114. The SMILES string of the molecule is CCOP(=O)(OCC)/C(=C(\C)C1=C(C(C)=O)CC(COC)(COC)C1)c1ccccc1. The number of ether oxygens (including phenoxy) is 2. The highest BCUT2D eigenvalue weighted by Gasteiger charge is 2.43. The van der Waals surface area contributed by atoms with Crippen LogP contribution in [0.3, 0.4) is 0 Å². The van der Waals surface area contributed by atoms with Gasteiger partial charge in [-0.1, -0.05) is 30.3 Å². The molecule has 0 spiro atoms. The number of rotatable bonds is 12. The first-order valence-electron chi connectivity index (χ1n) is 10.6. The van der Waals surface area contributed by atoms with Crippen molar-refractivity contribution in [2.24, 2.45) is 5.41 Å². The van der Waals surface area contributed by atoms with Gasteiger partial charge in [-0.2, -0.15) is 0 Å². The van der Waals surface area contributed by atoms with Crippen LogP contribution < -0.4 is 0 Å². The first-order valence-corrected chi connectivity index (χ1v) is 12.2. The Morgan fingerprint density at radius 1 is 0.935 bits per heavy atom. The number of allylic oxidation sites excluding steroid dienone is 3. The van der Waals surface area contributed by atoms with Gasteiger partial charge >= 0.3 is 7.60 Å². The highest BCUT2D eigenvalue weighted by Crippen LogP contribution is 2.63. The van der Waals surface area contributed by atoms with Crippen LogP contribution in [-0.4, -0.2) is 46.4 Å². The number of hydrogen-bond acceptors (Lipinski definition) is 6. The van der Waals surface area contributed by atoms with Crippen LogP contribution in [0.25, 0.3) is 5.31 Å². The van der Waals surface area contributed by atoms with E-state index in [0.717, 1.165) is 22.3 Å². The van der Waals surface area contributed by atoms with Gasteiger partial charge in [0, 0.05) is 19.6 Å². The Labute approximate surface area is 186 Å². The Bertz CT molecular complexity index is 855. The number of benzene rings is 1. The summed E-state index contributed by atoms with van der Waals surface area (Å²) in [5, 5.41) is 0.510. The summed E-state index contributed by atoms with van der Waals surface area (Å²) in [5.74, 6) is -0.00139. The van der Waals surface area contributed by atoms with Crippen molar-refractivity contribution in [1.29, 1.82) is 0 Å². The Balaban J connectivity index is 2.75. The molecule has 0 bridgehead atoms. The number of ketones is 1. The van der Waals surface area contributed by atoms with Crippen molar-refractivity contribution in [1.82, 2.24) is 0 Å². The van der Waals surface area contributed by atoms with Gasteiger partial charge in [-0.25, -0.2) is 0 Å². The van der Waals surface area contributed by atoms with Crippen molar-refractivity contribution in [3.63, 3.8) is 0 Å². The molecule has 1 aromatic rings. The van der Waals surface area contributed by atoms with Crippen LogP contribution in [0, 0.1) is 5.41 Å². The number of Topliss-reactive ketones (excluding diaryl/α,β-unsaturated/α-hetero) is 1. The predicted molar refractivity (Wildman–Crippen MR) is 123 cm³/mol. The van der Waals surface area contributed by atoms with Gasteiger partial charge in [0.15, 0.2) is 5.78 Å². The maximum atomic E-state index is 13.9. The van der Waals surface area contributed by atoms with Crippen molar-refractivity contribution in [2.75, 3.05) is 40.6 Å². The van der Waals surface area contributed by atoms with E-state index < -0.39 is 7.60 Å². The maximum absolute atomic E-state index is 13.9. The molecule has 0 atom stereocenters. The second-order valence-electron chi connectivity index (χ2n) is 7.91. The van der Waals surface area contributed by atoms with Crippen LogP contribution >= 0.6 is 7.60 Å². The molecule has 0 saturated carbocycles. The van der Waals surface area contributed by atoms with Gasteiger partial charge in [0.05, 0.1) is 31.7 Å². The fourth-order valence-corrected chi connectivity index (χ4v) is 6.43. The first kappa shape index (κ1) is 25.7. The highest BCUT2D eigenvalue weighted by atomic mass is 31.2. The fourth-order valence-electron chi connectivity index (χ4n) is 4.41. The standard InChI is InChI=1S/C24H35O6P/c1-7-29-31(26,30-8-2)23(20-12-10-9-11-13-20)18(3)21-14-24(16-27-5,17-28-6)15-22(21)19(4)25/h9-13H,7-8,14-17H2,1-6H3/b23-18+. The molecule has 0 amide bonds. The lowest BCUT2D eigenvalue weighted by Gasteiger charge is -2.28. The molecular formula is C24H35O6P. The van der Waals surface area contributed by atoms with Crippen LogP contribution in [-0.2, 0) is 27.9 Å². The number of hydrogen-bond donors (Lipinski definition) is 0. The molecule has 1 aromatic carbocycles. The zero-order valence-electron chi connectivity index (χ0n) is 19.5. The minimum absolute atomic E-state index is 0.00139. The molecule has 0 unspecified atom stereocenters. The Kier molecular flexibility index (Phi) is 9.41.